The third-order valence-electron chi connectivity index (χ3n) is 4.36. The molecule has 5 nitrogen and oxygen atoms in total. The van der Waals surface area contributed by atoms with Crippen molar-refractivity contribution in [2.45, 2.75) is 46.0 Å². The van der Waals surface area contributed by atoms with Crippen molar-refractivity contribution < 1.29 is 14.3 Å². The van der Waals surface area contributed by atoms with E-state index in [-0.39, 0.29) is 11.8 Å². The summed E-state index contributed by atoms with van der Waals surface area (Å²) in [5, 5.41) is 6.46. The van der Waals surface area contributed by atoms with Crippen LogP contribution in [0.4, 0.5) is 10.7 Å². The van der Waals surface area contributed by atoms with E-state index in [9.17, 15) is 9.59 Å². The number of ether oxygens (including phenoxy) is 1. The van der Waals surface area contributed by atoms with Crippen LogP contribution in [0.5, 0.6) is 5.75 Å². The highest BCUT2D eigenvalue weighted by Crippen LogP contribution is 2.38. The van der Waals surface area contributed by atoms with Crippen molar-refractivity contribution in [3.8, 4) is 5.75 Å². The number of hydrogen-bond donors (Lipinski definition) is 2. The maximum atomic E-state index is 13.0. The molecule has 1 aliphatic carbocycles. The van der Waals surface area contributed by atoms with E-state index in [1.807, 2.05) is 31.2 Å². The Balaban J connectivity index is 1.87. The van der Waals surface area contributed by atoms with Crippen LogP contribution in [-0.4, -0.2) is 18.4 Å². The summed E-state index contributed by atoms with van der Waals surface area (Å²) in [6, 6.07) is 7.32. The average Bonchev–Trinajstić information content (AvgIpc) is 2.77. The van der Waals surface area contributed by atoms with Crippen LogP contribution in [0.2, 0.25) is 0 Å². The van der Waals surface area contributed by atoms with Gasteiger partial charge in [-0.25, -0.2) is 0 Å². The molecule has 0 fully saturated rings. The van der Waals surface area contributed by atoms with E-state index in [1.54, 1.807) is 0 Å². The zero-order chi connectivity index (χ0) is 18.5. The molecule has 3 rings (SSSR count). The molecule has 1 aliphatic rings. The first-order chi connectivity index (χ1) is 12.6. The topological polar surface area (TPSA) is 67.4 Å². The van der Waals surface area contributed by atoms with Gasteiger partial charge in [-0.2, -0.15) is 0 Å². The standard InChI is InChI=1S/C20H24N2O3S/c1-3-25-15-11-9-14(10-12-15)22-19(24)18-16-7-5-4-6-8-17(16)26-20(18)21-13(2)23/h9-12H,3-8H2,1-2H3,(H,21,23)(H,22,24). The van der Waals surface area contributed by atoms with E-state index in [2.05, 4.69) is 10.6 Å². The van der Waals surface area contributed by atoms with Gasteiger partial charge in [0.1, 0.15) is 10.8 Å². The van der Waals surface area contributed by atoms with Crippen LogP contribution in [0, 0.1) is 0 Å². The number of aryl methyl sites for hydroxylation is 1. The lowest BCUT2D eigenvalue weighted by Gasteiger charge is -2.10. The number of thiophene rings is 1. The Labute approximate surface area is 157 Å². The van der Waals surface area contributed by atoms with Crippen molar-refractivity contribution in [2.75, 3.05) is 17.2 Å². The van der Waals surface area contributed by atoms with Gasteiger partial charge in [-0.05, 0) is 62.4 Å². The molecule has 2 aromatic rings. The summed E-state index contributed by atoms with van der Waals surface area (Å²) < 4.78 is 5.43. The highest BCUT2D eigenvalue weighted by atomic mass is 32.1. The van der Waals surface area contributed by atoms with Gasteiger partial charge in [0, 0.05) is 17.5 Å². The van der Waals surface area contributed by atoms with E-state index in [4.69, 9.17) is 4.74 Å². The zero-order valence-corrected chi connectivity index (χ0v) is 16.0. The van der Waals surface area contributed by atoms with Crippen LogP contribution in [0.15, 0.2) is 24.3 Å². The molecule has 0 unspecified atom stereocenters. The molecule has 1 aromatic heterocycles. The monoisotopic (exact) mass is 372 g/mol. The molecule has 26 heavy (non-hydrogen) atoms. The molecule has 0 atom stereocenters. The van der Waals surface area contributed by atoms with Crippen molar-refractivity contribution >= 4 is 33.8 Å². The van der Waals surface area contributed by atoms with E-state index in [1.165, 1.54) is 29.6 Å². The van der Waals surface area contributed by atoms with Crippen molar-refractivity contribution in [2.24, 2.45) is 0 Å². The SMILES string of the molecule is CCOc1ccc(NC(=O)c2c(NC(C)=O)sc3c2CCCCC3)cc1. The Kier molecular flexibility index (Phi) is 5.93. The molecule has 0 saturated carbocycles. The molecule has 2 N–H and O–H groups in total. The van der Waals surface area contributed by atoms with Crippen LogP contribution < -0.4 is 15.4 Å². The molecule has 1 aromatic carbocycles. The molecule has 0 spiro atoms. The fraction of sp³-hybridized carbons (Fsp3) is 0.400. The smallest absolute Gasteiger partial charge is 0.258 e. The zero-order valence-electron chi connectivity index (χ0n) is 15.2. The molecule has 0 aliphatic heterocycles. The molecule has 0 saturated heterocycles. The minimum atomic E-state index is -0.169. The van der Waals surface area contributed by atoms with Gasteiger partial charge in [-0.15, -0.1) is 11.3 Å². The Bertz CT molecular complexity index is 796. The number of rotatable bonds is 5. The van der Waals surface area contributed by atoms with Gasteiger partial charge < -0.3 is 15.4 Å². The summed E-state index contributed by atoms with van der Waals surface area (Å²) in [7, 11) is 0. The number of amides is 2. The lowest BCUT2D eigenvalue weighted by atomic mass is 10.0. The van der Waals surface area contributed by atoms with Crippen molar-refractivity contribution in [1.29, 1.82) is 0 Å². The number of benzene rings is 1. The molecule has 0 bridgehead atoms. The van der Waals surface area contributed by atoms with Crippen molar-refractivity contribution in [3.05, 3.63) is 40.3 Å². The summed E-state index contributed by atoms with van der Waals surface area (Å²) in [5.41, 5.74) is 2.43. The minimum Gasteiger partial charge on any atom is -0.494 e. The summed E-state index contributed by atoms with van der Waals surface area (Å²) >= 11 is 1.54. The second-order valence-electron chi connectivity index (χ2n) is 6.36. The third kappa shape index (κ3) is 4.25. The highest BCUT2D eigenvalue weighted by Gasteiger charge is 2.25. The number of hydrogen-bond acceptors (Lipinski definition) is 4. The molecule has 138 valence electrons. The Morgan fingerprint density at radius 3 is 2.50 bits per heavy atom. The fourth-order valence-corrected chi connectivity index (χ4v) is 4.56. The molecule has 1 heterocycles. The maximum Gasteiger partial charge on any atom is 0.258 e. The fourth-order valence-electron chi connectivity index (χ4n) is 3.23. The van der Waals surface area contributed by atoms with E-state index < -0.39 is 0 Å². The van der Waals surface area contributed by atoms with Gasteiger partial charge in [0.15, 0.2) is 0 Å². The second kappa shape index (κ2) is 8.36. The lowest BCUT2D eigenvalue weighted by Crippen LogP contribution is -2.16. The van der Waals surface area contributed by atoms with Crippen LogP contribution >= 0.6 is 11.3 Å². The predicted octanol–water partition coefficient (Wildman–Crippen LogP) is 4.63. The Morgan fingerprint density at radius 1 is 1.08 bits per heavy atom. The average molecular weight is 372 g/mol. The van der Waals surface area contributed by atoms with Gasteiger partial charge in [0.05, 0.1) is 12.2 Å². The van der Waals surface area contributed by atoms with Gasteiger partial charge in [0.2, 0.25) is 5.91 Å². The van der Waals surface area contributed by atoms with Crippen LogP contribution in [-0.2, 0) is 17.6 Å². The van der Waals surface area contributed by atoms with E-state index in [0.29, 0.717) is 22.9 Å². The highest BCUT2D eigenvalue weighted by molar-refractivity contribution is 7.17. The van der Waals surface area contributed by atoms with Gasteiger partial charge in [-0.3, -0.25) is 9.59 Å². The largest absolute Gasteiger partial charge is 0.494 e. The first-order valence-corrected chi connectivity index (χ1v) is 9.86. The number of carbonyl (C=O) groups excluding carboxylic acids is 2. The normalized spacial score (nSPS) is 13.5. The first kappa shape index (κ1) is 18.5. The molecule has 2 amide bonds. The summed E-state index contributed by atoms with van der Waals surface area (Å²) in [6.45, 7) is 4.01. The molecule has 6 heteroatoms. The second-order valence-corrected chi connectivity index (χ2v) is 7.47. The van der Waals surface area contributed by atoms with Gasteiger partial charge >= 0.3 is 0 Å². The Morgan fingerprint density at radius 2 is 1.81 bits per heavy atom. The number of fused-ring (bicyclic) bond motifs is 1. The summed E-state index contributed by atoms with van der Waals surface area (Å²) in [4.78, 5) is 25.8. The van der Waals surface area contributed by atoms with Crippen molar-refractivity contribution in [3.63, 3.8) is 0 Å². The van der Waals surface area contributed by atoms with Crippen LogP contribution in [0.1, 0.15) is 53.9 Å². The maximum absolute atomic E-state index is 13.0. The lowest BCUT2D eigenvalue weighted by molar-refractivity contribution is -0.114. The van der Waals surface area contributed by atoms with E-state index >= 15 is 0 Å². The minimum absolute atomic E-state index is 0.156. The van der Waals surface area contributed by atoms with E-state index in [0.717, 1.165) is 37.0 Å². The van der Waals surface area contributed by atoms with Gasteiger partial charge in [0.25, 0.3) is 5.91 Å². The molecular formula is C20H24N2O3S. The summed E-state index contributed by atoms with van der Waals surface area (Å²) in [6.07, 6.45) is 5.25. The number of anilines is 2. The van der Waals surface area contributed by atoms with Crippen molar-refractivity contribution in [1.82, 2.24) is 0 Å². The molecule has 0 radical (unpaired) electrons. The number of carbonyl (C=O) groups is 2. The van der Waals surface area contributed by atoms with Gasteiger partial charge in [-0.1, -0.05) is 6.42 Å². The first-order valence-electron chi connectivity index (χ1n) is 9.04. The predicted molar refractivity (Wildman–Crippen MR) is 105 cm³/mol. The third-order valence-corrected chi connectivity index (χ3v) is 5.57. The molecular weight excluding hydrogens is 348 g/mol. The number of nitrogens with one attached hydrogen (secondary N) is 2. The quantitative estimate of drug-likeness (QED) is 0.752. The Hall–Kier alpha value is -2.34. The van der Waals surface area contributed by atoms with Crippen LogP contribution in [0.25, 0.3) is 0 Å². The van der Waals surface area contributed by atoms with Crippen LogP contribution in [0.3, 0.4) is 0 Å². The summed E-state index contributed by atoms with van der Waals surface area (Å²) in [5.74, 6) is 0.447.